The Balaban J connectivity index is 3.01. The molecule has 0 bridgehead atoms. The van der Waals surface area contributed by atoms with Crippen LogP contribution in [0.2, 0.25) is 0 Å². The van der Waals surface area contributed by atoms with Crippen molar-refractivity contribution in [2.45, 2.75) is 39.2 Å². The molecule has 3 heteroatoms. The highest BCUT2D eigenvalue weighted by Gasteiger charge is 2.34. The van der Waals surface area contributed by atoms with Gasteiger partial charge in [0.2, 0.25) is 0 Å². The van der Waals surface area contributed by atoms with Crippen LogP contribution >= 0.6 is 0 Å². The Morgan fingerprint density at radius 2 is 1.88 bits per heavy atom. The highest BCUT2D eigenvalue weighted by atomic mass is 16.4. The molecule has 0 amide bonds. The molecule has 0 aliphatic carbocycles. The topological polar surface area (TPSA) is 49.3 Å². The van der Waals surface area contributed by atoms with Gasteiger partial charge in [-0.05, 0) is 31.4 Å². The molecule has 0 atom stereocenters. The molecule has 3 nitrogen and oxygen atoms in total. The molecule has 1 aromatic carbocycles. The van der Waals surface area contributed by atoms with Crippen molar-refractivity contribution in [3.8, 4) is 0 Å². The van der Waals surface area contributed by atoms with Crippen LogP contribution in [0.1, 0.15) is 32.3 Å². The van der Waals surface area contributed by atoms with Crippen LogP contribution in [0, 0.1) is 6.92 Å². The second-order valence-corrected chi connectivity index (χ2v) is 4.03. The van der Waals surface area contributed by atoms with Gasteiger partial charge >= 0.3 is 5.97 Å². The van der Waals surface area contributed by atoms with E-state index in [1.165, 1.54) is 0 Å². The minimum Gasteiger partial charge on any atom is -0.480 e. The normalized spacial score (nSPS) is 11.2. The SMILES string of the molecule is CCC(CC)(Nc1ccccc1C)C(=O)O. The van der Waals surface area contributed by atoms with Crippen LogP contribution in [0.5, 0.6) is 0 Å². The number of nitrogens with one attached hydrogen (secondary N) is 1. The number of aryl methyl sites for hydroxylation is 1. The van der Waals surface area contributed by atoms with Gasteiger partial charge in [-0.3, -0.25) is 0 Å². The van der Waals surface area contributed by atoms with Crippen LogP contribution in [0.3, 0.4) is 0 Å². The van der Waals surface area contributed by atoms with Crippen molar-refractivity contribution in [1.82, 2.24) is 0 Å². The average Bonchev–Trinajstić information content (AvgIpc) is 2.28. The summed E-state index contributed by atoms with van der Waals surface area (Å²) in [7, 11) is 0. The summed E-state index contributed by atoms with van der Waals surface area (Å²) in [5.41, 5.74) is 1.11. The third-order valence-corrected chi connectivity index (χ3v) is 3.14. The van der Waals surface area contributed by atoms with E-state index in [-0.39, 0.29) is 0 Å². The number of carboxylic acids is 1. The van der Waals surface area contributed by atoms with Crippen molar-refractivity contribution in [2.24, 2.45) is 0 Å². The monoisotopic (exact) mass is 221 g/mol. The Bertz CT molecular complexity index is 370. The average molecular weight is 221 g/mol. The van der Waals surface area contributed by atoms with Crippen LogP contribution in [0.25, 0.3) is 0 Å². The standard InChI is InChI=1S/C13H19NO2/c1-4-13(5-2,12(15)16)14-11-9-7-6-8-10(11)3/h6-9,14H,4-5H2,1-3H3,(H,15,16). The summed E-state index contributed by atoms with van der Waals surface area (Å²) >= 11 is 0. The molecular formula is C13H19NO2. The van der Waals surface area contributed by atoms with E-state index >= 15 is 0 Å². The van der Waals surface area contributed by atoms with Crippen molar-refractivity contribution >= 4 is 11.7 Å². The Morgan fingerprint density at radius 1 is 1.31 bits per heavy atom. The lowest BCUT2D eigenvalue weighted by Gasteiger charge is -2.30. The first-order valence-corrected chi connectivity index (χ1v) is 5.63. The first-order chi connectivity index (χ1) is 7.55. The van der Waals surface area contributed by atoms with Crippen molar-refractivity contribution in [1.29, 1.82) is 0 Å². The van der Waals surface area contributed by atoms with Gasteiger partial charge in [0.05, 0.1) is 0 Å². The molecule has 0 radical (unpaired) electrons. The van der Waals surface area contributed by atoms with Gasteiger partial charge in [0.1, 0.15) is 5.54 Å². The fourth-order valence-electron chi connectivity index (χ4n) is 1.75. The Hall–Kier alpha value is -1.51. The van der Waals surface area contributed by atoms with E-state index in [0.717, 1.165) is 11.3 Å². The highest BCUT2D eigenvalue weighted by Crippen LogP contribution is 2.24. The van der Waals surface area contributed by atoms with E-state index in [0.29, 0.717) is 12.8 Å². The minimum absolute atomic E-state index is 0.563. The van der Waals surface area contributed by atoms with Gasteiger partial charge in [-0.15, -0.1) is 0 Å². The maximum atomic E-state index is 11.3. The summed E-state index contributed by atoms with van der Waals surface area (Å²) in [6, 6.07) is 7.74. The lowest BCUT2D eigenvalue weighted by Crippen LogP contribution is -2.45. The van der Waals surface area contributed by atoms with Gasteiger partial charge in [-0.2, -0.15) is 0 Å². The van der Waals surface area contributed by atoms with Crippen molar-refractivity contribution in [3.63, 3.8) is 0 Å². The summed E-state index contributed by atoms with van der Waals surface area (Å²) in [6.45, 7) is 5.76. The van der Waals surface area contributed by atoms with Crippen molar-refractivity contribution in [3.05, 3.63) is 29.8 Å². The first-order valence-electron chi connectivity index (χ1n) is 5.63. The van der Waals surface area contributed by atoms with Gasteiger partial charge in [0.15, 0.2) is 0 Å². The van der Waals surface area contributed by atoms with Gasteiger partial charge in [-0.1, -0.05) is 32.0 Å². The van der Waals surface area contributed by atoms with Crippen LogP contribution in [0.15, 0.2) is 24.3 Å². The maximum Gasteiger partial charge on any atom is 0.329 e. The number of carboxylic acid groups (broad SMARTS) is 1. The molecule has 0 heterocycles. The predicted octanol–water partition coefficient (Wildman–Crippen LogP) is 3.05. The zero-order valence-corrected chi connectivity index (χ0v) is 10.1. The van der Waals surface area contributed by atoms with E-state index in [9.17, 15) is 9.90 Å². The van der Waals surface area contributed by atoms with E-state index in [1.54, 1.807) is 0 Å². The van der Waals surface area contributed by atoms with Crippen LogP contribution in [-0.2, 0) is 4.79 Å². The summed E-state index contributed by atoms with van der Waals surface area (Å²) in [6.07, 6.45) is 1.13. The van der Waals surface area contributed by atoms with E-state index in [4.69, 9.17) is 0 Å². The van der Waals surface area contributed by atoms with Gasteiger partial charge < -0.3 is 10.4 Å². The molecule has 0 fully saturated rings. The van der Waals surface area contributed by atoms with Gasteiger partial charge in [0.25, 0.3) is 0 Å². The number of carbonyl (C=O) groups is 1. The van der Waals surface area contributed by atoms with Crippen LogP contribution in [-0.4, -0.2) is 16.6 Å². The number of hydrogen-bond donors (Lipinski definition) is 2. The number of aliphatic carboxylic acids is 1. The molecule has 0 aliphatic heterocycles. The third-order valence-electron chi connectivity index (χ3n) is 3.14. The summed E-state index contributed by atoms with van der Waals surface area (Å²) < 4.78 is 0. The zero-order chi connectivity index (χ0) is 12.2. The largest absolute Gasteiger partial charge is 0.480 e. The third kappa shape index (κ3) is 2.35. The zero-order valence-electron chi connectivity index (χ0n) is 10.1. The van der Waals surface area contributed by atoms with E-state index in [1.807, 2.05) is 45.0 Å². The molecule has 0 aliphatic rings. The molecule has 0 saturated heterocycles. The van der Waals surface area contributed by atoms with Gasteiger partial charge in [0, 0.05) is 5.69 Å². The number of hydrogen-bond acceptors (Lipinski definition) is 2. The van der Waals surface area contributed by atoms with E-state index < -0.39 is 11.5 Å². The predicted molar refractivity (Wildman–Crippen MR) is 65.8 cm³/mol. The Labute approximate surface area is 96.5 Å². The fraction of sp³-hybridized carbons (Fsp3) is 0.462. The summed E-state index contributed by atoms with van der Waals surface area (Å²) in [4.78, 5) is 11.3. The molecular weight excluding hydrogens is 202 g/mol. The van der Waals surface area contributed by atoms with Crippen molar-refractivity contribution < 1.29 is 9.90 Å². The first kappa shape index (κ1) is 12.6. The quantitative estimate of drug-likeness (QED) is 0.803. The molecule has 0 aromatic heterocycles. The molecule has 16 heavy (non-hydrogen) atoms. The molecule has 0 spiro atoms. The molecule has 1 aromatic rings. The molecule has 88 valence electrons. The summed E-state index contributed by atoms with van der Waals surface area (Å²) in [5.74, 6) is -0.791. The molecule has 0 saturated carbocycles. The number of rotatable bonds is 5. The molecule has 1 rings (SSSR count). The summed E-state index contributed by atoms with van der Waals surface area (Å²) in [5, 5.41) is 12.5. The smallest absolute Gasteiger partial charge is 0.329 e. The number of benzene rings is 1. The second-order valence-electron chi connectivity index (χ2n) is 4.03. The Kier molecular flexibility index (Phi) is 3.93. The number of para-hydroxylation sites is 1. The molecule has 0 unspecified atom stereocenters. The fourth-order valence-corrected chi connectivity index (χ4v) is 1.75. The second kappa shape index (κ2) is 5.01. The molecule has 2 N–H and O–H groups in total. The van der Waals surface area contributed by atoms with Crippen molar-refractivity contribution in [2.75, 3.05) is 5.32 Å². The Morgan fingerprint density at radius 3 is 2.31 bits per heavy atom. The maximum absolute atomic E-state index is 11.3. The van der Waals surface area contributed by atoms with Crippen LogP contribution in [0.4, 0.5) is 5.69 Å². The lowest BCUT2D eigenvalue weighted by molar-refractivity contribution is -0.142. The van der Waals surface area contributed by atoms with Crippen LogP contribution < -0.4 is 5.32 Å². The number of anilines is 1. The highest BCUT2D eigenvalue weighted by molar-refractivity contribution is 5.83. The minimum atomic E-state index is -0.855. The van der Waals surface area contributed by atoms with E-state index in [2.05, 4.69) is 5.32 Å². The van der Waals surface area contributed by atoms with Gasteiger partial charge in [-0.25, -0.2) is 4.79 Å². The lowest BCUT2D eigenvalue weighted by atomic mass is 9.92.